The Balaban J connectivity index is 1.37. The highest BCUT2D eigenvalue weighted by molar-refractivity contribution is 5.78. The zero-order valence-corrected chi connectivity index (χ0v) is 22.8. The van der Waals surface area contributed by atoms with Crippen molar-refractivity contribution < 1.29 is 24.5 Å². The average molecular weight is 532 g/mol. The largest absolute Gasteiger partial charge is 0.462 e. The van der Waals surface area contributed by atoms with Gasteiger partial charge in [-0.3, -0.25) is 24.4 Å². The van der Waals surface area contributed by atoms with Crippen molar-refractivity contribution in [2.75, 3.05) is 72.6 Å². The molecule has 3 fully saturated rings. The first-order valence-corrected chi connectivity index (χ1v) is 14.2. The Kier molecular flexibility index (Phi) is 10.5. The third-order valence-corrected chi connectivity index (χ3v) is 8.57. The van der Waals surface area contributed by atoms with Gasteiger partial charge in [-0.15, -0.1) is 0 Å². The Morgan fingerprint density at radius 2 is 1.66 bits per heavy atom. The molecule has 2 N–H and O–H groups in total. The number of aliphatic hydroxyl groups excluding tert-OH is 2. The van der Waals surface area contributed by atoms with Crippen LogP contribution in [0.2, 0.25) is 0 Å². The lowest BCUT2D eigenvalue weighted by atomic mass is 9.74. The Bertz CT molecular complexity index is 887. The molecule has 212 valence electrons. The number of pyridine rings is 1. The van der Waals surface area contributed by atoms with Gasteiger partial charge >= 0.3 is 5.97 Å². The summed E-state index contributed by atoms with van der Waals surface area (Å²) in [5.41, 5.74) is 0.606. The topological polar surface area (TPSA) is 110 Å². The minimum atomic E-state index is -1.17. The van der Waals surface area contributed by atoms with Gasteiger partial charge in [0.1, 0.15) is 12.7 Å². The summed E-state index contributed by atoms with van der Waals surface area (Å²) in [5.74, 6) is -0.202. The van der Waals surface area contributed by atoms with Crippen LogP contribution in [0.1, 0.15) is 44.1 Å². The number of hydrogen-bond acceptors (Lipinski definition) is 9. The molecule has 0 bridgehead atoms. The number of carbonyl (C=O) groups is 2. The molecule has 1 spiro atoms. The summed E-state index contributed by atoms with van der Waals surface area (Å²) in [5, 5.41) is 21.0. The maximum atomic E-state index is 13.3. The molecule has 1 aromatic heterocycles. The standard InChI is InChI=1S/C28H45N5O5/c1-30-16-18-32(19-17-30)21-26(36)33-12-3-2-7-28(27(37)38-22-25(35)24(34)6-13-33)8-14-31(15-9-28)20-23-4-10-29-11-5-23/h4-5,10-11,24-25,34-35H,2-3,6-9,12-22H2,1H3/t24-,25+/m0/s1. The number of rotatable bonds is 4. The lowest BCUT2D eigenvalue weighted by Gasteiger charge is -2.40. The predicted octanol–water partition coefficient (Wildman–Crippen LogP) is 0.579. The van der Waals surface area contributed by atoms with Gasteiger partial charge in [-0.25, -0.2) is 0 Å². The molecular weight excluding hydrogens is 486 g/mol. The summed E-state index contributed by atoms with van der Waals surface area (Å²) in [6.45, 7) is 7.18. The number of likely N-dealkylation sites (N-methyl/N-ethyl adjacent to an activating group) is 1. The molecule has 3 aliphatic heterocycles. The van der Waals surface area contributed by atoms with Crippen molar-refractivity contribution in [1.29, 1.82) is 0 Å². The summed E-state index contributed by atoms with van der Waals surface area (Å²) < 4.78 is 5.60. The maximum Gasteiger partial charge on any atom is 0.312 e. The van der Waals surface area contributed by atoms with Crippen molar-refractivity contribution in [1.82, 2.24) is 24.6 Å². The Labute approximate surface area is 226 Å². The minimum absolute atomic E-state index is 0.0672. The first kappa shape index (κ1) is 28.9. The summed E-state index contributed by atoms with van der Waals surface area (Å²) in [6.07, 6.45) is 5.34. The van der Waals surface area contributed by atoms with Crippen molar-refractivity contribution in [2.24, 2.45) is 5.41 Å². The highest BCUT2D eigenvalue weighted by Gasteiger charge is 2.42. The van der Waals surface area contributed by atoms with Crippen molar-refractivity contribution in [2.45, 2.75) is 57.3 Å². The minimum Gasteiger partial charge on any atom is -0.462 e. The number of likely N-dealkylation sites (tertiary alicyclic amines) is 1. The Morgan fingerprint density at radius 3 is 2.37 bits per heavy atom. The molecule has 3 saturated heterocycles. The van der Waals surface area contributed by atoms with Gasteiger partial charge in [-0.05, 0) is 69.9 Å². The molecule has 4 heterocycles. The van der Waals surface area contributed by atoms with E-state index in [4.69, 9.17) is 4.74 Å². The lowest BCUT2D eigenvalue weighted by Crippen LogP contribution is -2.49. The number of piperidine rings is 1. The van der Waals surface area contributed by atoms with Crippen molar-refractivity contribution in [3.63, 3.8) is 0 Å². The van der Waals surface area contributed by atoms with E-state index in [9.17, 15) is 19.8 Å². The second kappa shape index (κ2) is 13.8. The van der Waals surface area contributed by atoms with Crippen LogP contribution < -0.4 is 0 Å². The van der Waals surface area contributed by atoms with Gasteiger partial charge in [0.05, 0.1) is 18.1 Å². The van der Waals surface area contributed by atoms with Crippen LogP contribution in [-0.2, 0) is 20.9 Å². The first-order valence-electron chi connectivity index (χ1n) is 14.2. The number of esters is 1. The molecule has 2 atom stereocenters. The third kappa shape index (κ3) is 7.95. The molecular formula is C28H45N5O5. The monoisotopic (exact) mass is 531 g/mol. The molecule has 0 radical (unpaired) electrons. The number of piperazine rings is 1. The summed E-state index contributed by atoms with van der Waals surface area (Å²) in [4.78, 5) is 39.2. The lowest BCUT2D eigenvalue weighted by molar-refractivity contribution is -0.165. The number of ether oxygens (including phenoxy) is 1. The van der Waals surface area contributed by atoms with E-state index in [0.717, 1.165) is 58.7 Å². The fraction of sp³-hybridized carbons (Fsp3) is 0.750. The van der Waals surface area contributed by atoms with E-state index >= 15 is 0 Å². The molecule has 10 heteroatoms. The van der Waals surface area contributed by atoms with E-state index in [0.29, 0.717) is 38.9 Å². The van der Waals surface area contributed by atoms with Crippen molar-refractivity contribution >= 4 is 11.9 Å². The second-order valence-corrected chi connectivity index (χ2v) is 11.4. The number of cyclic esters (lactones) is 1. The quantitative estimate of drug-likeness (QED) is 0.539. The first-order chi connectivity index (χ1) is 18.3. The summed E-state index contributed by atoms with van der Waals surface area (Å²) >= 11 is 0. The zero-order valence-electron chi connectivity index (χ0n) is 22.8. The molecule has 38 heavy (non-hydrogen) atoms. The van der Waals surface area contributed by atoms with Crippen LogP contribution >= 0.6 is 0 Å². The predicted molar refractivity (Wildman–Crippen MR) is 143 cm³/mol. The van der Waals surface area contributed by atoms with E-state index < -0.39 is 17.6 Å². The number of amides is 1. The fourth-order valence-electron chi connectivity index (χ4n) is 5.77. The molecule has 0 aliphatic carbocycles. The molecule has 4 rings (SSSR count). The van der Waals surface area contributed by atoms with Gasteiger partial charge in [0, 0.05) is 58.2 Å². The van der Waals surface area contributed by atoms with Crippen LogP contribution in [0.4, 0.5) is 0 Å². The van der Waals surface area contributed by atoms with Gasteiger partial charge in [-0.2, -0.15) is 0 Å². The molecule has 0 aromatic carbocycles. The van der Waals surface area contributed by atoms with E-state index in [2.05, 4.69) is 26.7 Å². The van der Waals surface area contributed by atoms with Gasteiger partial charge in [0.2, 0.25) is 5.91 Å². The van der Waals surface area contributed by atoms with Gasteiger partial charge in [-0.1, -0.05) is 6.42 Å². The number of carbonyl (C=O) groups excluding carboxylic acids is 2. The summed E-state index contributed by atoms with van der Waals surface area (Å²) in [6, 6.07) is 4.03. The van der Waals surface area contributed by atoms with E-state index in [-0.39, 0.29) is 24.9 Å². The van der Waals surface area contributed by atoms with E-state index in [1.807, 2.05) is 17.0 Å². The van der Waals surface area contributed by atoms with E-state index in [1.54, 1.807) is 12.4 Å². The maximum absolute atomic E-state index is 13.3. The highest BCUT2D eigenvalue weighted by atomic mass is 16.5. The second-order valence-electron chi connectivity index (χ2n) is 11.4. The summed E-state index contributed by atoms with van der Waals surface area (Å²) in [7, 11) is 2.09. The molecule has 10 nitrogen and oxygen atoms in total. The fourth-order valence-corrected chi connectivity index (χ4v) is 5.77. The highest BCUT2D eigenvalue weighted by Crippen LogP contribution is 2.38. The van der Waals surface area contributed by atoms with E-state index in [1.165, 1.54) is 5.56 Å². The smallest absolute Gasteiger partial charge is 0.312 e. The van der Waals surface area contributed by atoms with Gasteiger partial charge in [0.25, 0.3) is 0 Å². The molecule has 0 saturated carbocycles. The Morgan fingerprint density at radius 1 is 0.947 bits per heavy atom. The van der Waals surface area contributed by atoms with Crippen LogP contribution in [-0.4, -0.2) is 131 Å². The Hall–Kier alpha value is -2.11. The number of aromatic nitrogens is 1. The number of nitrogens with zero attached hydrogens (tertiary/aromatic N) is 5. The number of aliphatic hydroxyl groups is 2. The van der Waals surface area contributed by atoms with Crippen LogP contribution in [0.25, 0.3) is 0 Å². The SMILES string of the molecule is CN1CCN(CC(=O)N2CCCCC3(CCN(Cc4ccncc4)CC3)C(=O)OC[C@@H](O)[C@@H](O)CC2)CC1. The molecule has 3 aliphatic rings. The number of hydrogen-bond donors (Lipinski definition) is 2. The molecule has 1 amide bonds. The van der Waals surface area contributed by atoms with Crippen molar-refractivity contribution in [3.05, 3.63) is 30.1 Å². The normalized spacial score (nSPS) is 27.2. The van der Waals surface area contributed by atoms with Crippen LogP contribution in [0.5, 0.6) is 0 Å². The van der Waals surface area contributed by atoms with Crippen LogP contribution in [0.3, 0.4) is 0 Å². The van der Waals surface area contributed by atoms with Gasteiger partial charge in [0.15, 0.2) is 0 Å². The van der Waals surface area contributed by atoms with Crippen LogP contribution in [0, 0.1) is 5.41 Å². The van der Waals surface area contributed by atoms with Gasteiger partial charge < -0.3 is 24.7 Å². The molecule has 0 unspecified atom stereocenters. The van der Waals surface area contributed by atoms with Crippen LogP contribution in [0.15, 0.2) is 24.5 Å². The zero-order chi connectivity index (χ0) is 27.0. The average Bonchev–Trinajstić information content (AvgIpc) is 2.94. The molecule has 1 aromatic rings. The van der Waals surface area contributed by atoms with Crippen molar-refractivity contribution in [3.8, 4) is 0 Å². The third-order valence-electron chi connectivity index (χ3n) is 8.57.